The van der Waals surface area contributed by atoms with Crippen molar-refractivity contribution < 1.29 is 9.90 Å². The van der Waals surface area contributed by atoms with Gasteiger partial charge in [0.05, 0.1) is 6.10 Å². The van der Waals surface area contributed by atoms with Gasteiger partial charge in [-0.1, -0.05) is 27.7 Å². The number of carbonyl (C=O) groups is 1. The summed E-state index contributed by atoms with van der Waals surface area (Å²) in [6.45, 7) is 9.64. The fourth-order valence-electron chi connectivity index (χ4n) is 2.20. The van der Waals surface area contributed by atoms with Crippen LogP contribution in [0.25, 0.3) is 0 Å². The molecule has 0 saturated carbocycles. The van der Waals surface area contributed by atoms with Gasteiger partial charge in [0.25, 0.3) is 0 Å². The Morgan fingerprint density at radius 1 is 1.25 bits per heavy atom. The van der Waals surface area contributed by atoms with Crippen LogP contribution in [-0.2, 0) is 6.54 Å². The molecule has 0 aliphatic carbocycles. The first kappa shape index (κ1) is 16.6. The predicted octanol–water partition coefficient (Wildman–Crippen LogP) is 1.83. The van der Waals surface area contributed by atoms with E-state index in [1.807, 2.05) is 56.8 Å². The summed E-state index contributed by atoms with van der Waals surface area (Å²) in [4.78, 5) is 11.7. The third-order valence-electron chi connectivity index (χ3n) is 3.46. The Balaban J connectivity index is 2.25. The van der Waals surface area contributed by atoms with Gasteiger partial charge in [-0.3, -0.25) is 0 Å². The summed E-state index contributed by atoms with van der Waals surface area (Å²) in [5.74, 6) is 0.170. The molecule has 114 valence electrons. The maximum atomic E-state index is 11.7. The number of aliphatic hydroxyl groups excluding tert-OH is 1. The molecule has 5 nitrogen and oxygen atoms in total. The number of aliphatic hydroxyl groups is 1. The lowest BCUT2D eigenvalue weighted by atomic mass is 9.81. The molecule has 0 fully saturated rings. The van der Waals surface area contributed by atoms with Gasteiger partial charge in [-0.05, 0) is 18.1 Å². The first-order valence-corrected chi connectivity index (χ1v) is 7.13. The summed E-state index contributed by atoms with van der Waals surface area (Å²) in [6.07, 6.45) is 3.48. The zero-order chi connectivity index (χ0) is 15.2. The van der Waals surface area contributed by atoms with Crippen molar-refractivity contribution in [2.24, 2.45) is 11.3 Å². The van der Waals surface area contributed by atoms with Crippen molar-refractivity contribution >= 4 is 6.03 Å². The van der Waals surface area contributed by atoms with Crippen LogP contribution in [0.2, 0.25) is 0 Å². The lowest BCUT2D eigenvalue weighted by molar-refractivity contribution is 0.0151. The number of carbonyl (C=O) groups excluding carboxylic acids is 1. The number of urea groups is 1. The second-order valence-corrected chi connectivity index (χ2v) is 6.21. The van der Waals surface area contributed by atoms with Crippen molar-refractivity contribution in [3.05, 3.63) is 24.5 Å². The van der Waals surface area contributed by atoms with Crippen molar-refractivity contribution in [2.45, 2.75) is 40.3 Å². The van der Waals surface area contributed by atoms with Gasteiger partial charge >= 0.3 is 6.03 Å². The molecule has 0 spiro atoms. The minimum Gasteiger partial charge on any atom is -0.392 e. The molecule has 0 saturated heterocycles. The van der Waals surface area contributed by atoms with E-state index in [2.05, 4.69) is 10.6 Å². The Bertz CT molecular complexity index is 399. The molecule has 1 rings (SSSR count). The molecular formula is C15H27N3O2. The van der Waals surface area contributed by atoms with Gasteiger partial charge in [0.15, 0.2) is 0 Å². The first-order chi connectivity index (χ1) is 9.33. The second kappa shape index (κ2) is 7.33. The van der Waals surface area contributed by atoms with Gasteiger partial charge in [0, 0.05) is 37.4 Å². The first-order valence-electron chi connectivity index (χ1n) is 7.13. The van der Waals surface area contributed by atoms with E-state index < -0.39 is 6.10 Å². The third kappa shape index (κ3) is 5.25. The molecule has 3 N–H and O–H groups in total. The molecule has 1 heterocycles. The van der Waals surface area contributed by atoms with E-state index in [4.69, 9.17) is 0 Å². The van der Waals surface area contributed by atoms with Crippen molar-refractivity contribution in [3.8, 4) is 0 Å². The summed E-state index contributed by atoms with van der Waals surface area (Å²) in [5.41, 5.74) is -0.341. The van der Waals surface area contributed by atoms with Gasteiger partial charge in [0.1, 0.15) is 0 Å². The van der Waals surface area contributed by atoms with E-state index in [1.165, 1.54) is 0 Å². The lowest BCUT2D eigenvalue weighted by Crippen LogP contribution is -2.46. The smallest absolute Gasteiger partial charge is 0.314 e. The van der Waals surface area contributed by atoms with Crippen molar-refractivity contribution in [2.75, 3.05) is 13.1 Å². The summed E-state index contributed by atoms with van der Waals surface area (Å²) in [5, 5.41) is 15.7. The Labute approximate surface area is 121 Å². The molecule has 0 unspecified atom stereocenters. The molecule has 0 aliphatic heterocycles. The molecule has 0 bridgehead atoms. The van der Waals surface area contributed by atoms with E-state index >= 15 is 0 Å². The largest absolute Gasteiger partial charge is 0.392 e. The second-order valence-electron chi connectivity index (χ2n) is 6.21. The molecular weight excluding hydrogens is 254 g/mol. The summed E-state index contributed by atoms with van der Waals surface area (Å²) >= 11 is 0. The van der Waals surface area contributed by atoms with Gasteiger partial charge in [0.2, 0.25) is 0 Å². The van der Waals surface area contributed by atoms with E-state index in [-0.39, 0.29) is 17.4 Å². The molecule has 0 aliphatic rings. The zero-order valence-electron chi connectivity index (χ0n) is 12.9. The number of hydrogen-bond acceptors (Lipinski definition) is 2. The topological polar surface area (TPSA) is 66.3 Å². The van der Waals surface area contributed by atoms with E-state index in [1.54, 1.807) is 0 Å². The van der Waals surface area contributed by atoms with Crippen LogP contribution in [0.4, 0.5) is 4.79 Å². The maximum Gasteiger partial charge on any atom is 0.314 e. The van der Waals surface area contributed by atoms with Crippen LogP contribution in [0.3, 0.4) is 0 Å². The lowest BCUT2D eigenvalue weighted by Gasteiger charge is -2.33. The number of nitrogens with zero attached hydrogens (tertiary/aromatic N) is 1. The standard InChI is InChI=1S/C15H27N3O2/c1-12(2)13(19)15(3,4)11-17-14(20)16-7-10-18-8-5-6-9-18/h5-6,8-9,12-13,19H,7,10-11H2,1-4H3,(H2,16,17,20)/t13-/m0/s1. The molecule has 5 heteroatoms. The molecule has 1 aromatic rings. The van der Waals surface area contributed by atoms with E-state index in [9.17, 15) is 9.90 Å². The maximum absolute atomic E-state index is 11.7. The summed E-state index contributed by atoms with van der Waals surface area (Å²) in [7, 11) is 0. The molecule has 2 amide bonds. The van der Waals surface area contributed by atoms with E-state index in [0.29, 0.717) is 13.1 Å². The number of nitrogens with one attached hydrogen (secondary N) is 2. The highest BCUT2D eigenvalue weighted by Crippen LogP contribution is 2.24. The van der Waals surface area contributed by atoms with Crippen LogP contribution < -0.4 is 10.6 Å². The SMILES string of the molecule is CC(C)[C@H](O)C(C)(C)CNC(=O)NCCn1cccc1. The van der Waals surface area contributed by atoms with Crippen molar-refractivity contribution in [3.63, 3.8) is 0 Å². The summed E-state index contributed by atoms with van der Waals surface area (Å²) in [6, 6.07) is 3.72. The third-order valence-corrected chi connectivity index (χ3v) is 3.46. The average molecular weight is 281 g/mol. The number of aromatic nitrogens is 1. The molecule has 0 radical (unpaired) electrons. The number of rotatable bonds is 7. The van der Waals surface area contributed by atoms with Crippen LogP contribution >= 0.6 is 0 Å². The Hall–Kier alpha value is -1.49. The Morgan fingerprint density at radius 3 is 2.40 bits per heavy atom. The summed E-state index contributed by atoms with van der Waals surface area (Å²) < 4.78 is 2.01. The van der Waals surface area contributed by atoms with Gasteiger partial charge < -0.3 is 20.3 Å². The van der Waals surface area contributed by atoms with Gasteiger partial charge in [-0.2, -0.15) is 0 Å². The van der Waals surface area contributed by atoms with Crippen LogP contribution in [0.15, 0.2) is 24.5 Å². The monoisotopic (exact) mass is 281 g/mol. The Morgan fingerprint density at radius 2 is 1.85 bits per heavy atom. The van der Waals surface area contributed by atoms with Crippen molar-refractivity contribution in [1.82, 2.24) is 15.2 Å². The average Bonchev–Trinajstić information content (AvgIpc) is 2.88. The van der Waals surface area contributed by atoms with Gasteiger partial charge in [-0.25, -0.2) is 4.79 Å². The molecule has 20 heavy (non-hydrogen) atoms. The van der Waals surface area contributed by atoms with Gasteiger partial charge in [-0.15, -0.1) is 0 Å². The minimum atomic E-state index is -0.442. The van der Waals surface area contributed by atoms with E-state index in [0.717, 1.165) is 6.54 Å². The van der Waals surface area contributed by atoms with Crippen LogP contribution in [0.1, 0.15) is 27.7 Å². The Kier molecular flexibility index (Phi) is 6.07. The van der Waals surface area contributed by atoms with Crippen LogP contribution in [0.5, 0.6) is 0 Å². The highest BCUT2D eigenvalue weighted by molar-refractivity contribution is 5.73. The van der Waals surface area contributed by atoms with Crippen LogP contribution in [0, 0.1) is 11.3 Å². The molecule has 1 aromatic heterocycles. The number of hydrogen-bond donors (Lipinski definition) is 3. The fraction of sp³-hybridized carbons (Fsp3) is 0.667. The number of amides is 2. The predicted molar refractivity (Wildman–Crippen MR) is 80.5 cm³/mol. The zero-order valence-corrected chi connectivity index (χ0v) is 12.9. The normalized spacial score (nSPS) is 13.3. The minimum absolute atomic E-state index is 0.170. The highest BCUT2D eigenvalue weighted by Gasteiger charge is 2.30. The van der Waals surface area contributed by atoms with Crippen molar-refractivity contribution in [1.29, 1.82) is 0 Å². The molecule has 0 aromatic carbocycles. The van der Waals surface area contributed by atoms with Crippen LogP contribution in [-0.4, -0.2) is 34.9 Å². The molecule has 1 atom stereocenters. The highest BCUT2D eigenvalue weighted by atomic mass is 16.3. The quantitative estimate of drug-likeness (QED) is 0.714. The fourth-order valence-corrected chi connectivity index (χ4v) is 2.20.